The van der Waals surface area contributed by atoms with Crippen molar-refractivity contribution in [1.29, 1.82) is 0 Å². The molecule has 3 nitrogen and oxygen atoms in total. The van der Waals surface area contributed by atoms with Crippen molar-refractivity contribution in [3.8, 4) is 11.1 Å². The van der Waals surface area contributed by atoms with Gasteiger partial charge >= 0.3 is 0 Å². The molecule has 0 amide bonds. The van der Waals surface area contributed by atoms with Gasteiger partial charge in [0.2, 0.25) is 0 Å². The number of hydrogen-bond donors (Lipinski definition) is 0. The number of aromatic nitrogens is 2. The van der Waals surface area contributed by atoms with E-state index < -0.39 is 0 Å². The summed E-state index contributed by atoms with van der Waals surface area (Å²) >= 11 is 0. The van der Waals surface area contributed by atoms with Gasteiger partial charge in [0.15, 0.2) is 6.29 Å². The van der Waals surface area contributed by atoms with E-state index in [-0.39, 0.29) is 0 Å². The number of carbonyl (C=O) groups excluding carboxylic acids is 1. The molecular formula is C20H20N2O. The quantitative estimate of drug-likeness (QED) is 0.647. The summed E-state index contributed by atoms with van der Waals surface area (Å²) in [4.78, 5) is 15.1. The third kappa shape index (κ3) is 2.79. The molecule has 3 heteroatoms. The van der Waals surface area contributed by atoms with Gasteiger partial charge in [0.05, 0.1) is 0 Å². The van der Waals surface area contributed by atoms with Gasteiger partial charge < -0.3 is 4.40 Å². The first-order valence-corrected chi connectivity index (χ1v) is 8.38. The van der Waals surface area contributed by atoms with Gasteiger partial charge in [-0.05, 0) is 47.6 Å². The average molecular weight is 304 g/mol. The van der Waals surface area contributed by atoms with Crippen LogP contribution in [0.1, 0.15) is 54.1 Å². The molecule has 23 heavy (non-hydrogen) atoms. The van der Waals surface area contributed by atoms with Crippen LogP contribution < -0.4 is 0 Å². The lowest BCUT2D eigenvalue weighted by Crippen LogP contribution is -2.04. The van der Waals surface area contributed by atoms with E-state index in [0.29, 0.717) is 5.69 Å². The number of pyridine rings is 1. The smallest absolute Gasteiger partial charge is 0.170 e. The Hall–Kier alpha value is -2.42. The number of imidazole rings is 1. The van der Waals surface area contributed by atoms with Crippen LogP contribution in [0, 0.1) is 0 Å². The minimum absolute atomic E-state index is 0.467. The molecule has 1 aromatic carbocycles. The first-order valence-electron chi connectivity index (χ1n) is 8.38. The summed E-state index contributed by atoms with van der Waals surface area (Å²) in [6.07, 6.45) is 11.4. The van der Waals surface area contributed by atoms with Crippen LogP contribution in [0.2, 0.25) is 0 Å². The fourth-order valence-corrected chi connectivity index (χ4v) is 3.62. The first kappa shape index (κ1) is 14.2. The van der Waals surface area contributed by atoms with Crippen molar-refractivity contribution < 1.29 is 4.79 Å². The van der Waals surface area contributed by atoms with E-state index in [4.69, 9.17) is 0 Å². The molecule has 2 aromatic heterocycles. The molecular weight excluding hydrogens is 284 g/mol. The third-order valence-corrected chi connectivity index (χ3v) is 4.91. The van der Waals surface area contributed by atoms with Gasteiger partial charge in [-0.2, -0.15) is 0 Å². The molecule has 4 rings (SSSR count). The predicted molar refractivity (Wildman–Crippen MR) is 91.8 cm³/mol. The molecule has 0 saturated heterocycles. The van der Waals surface area contributed by atoms with Gasteiger partial charge in [-0.3, -0.25) is 4.79 Å². The Morgan fingerprint density at radius 3 is 2.39 bits per heavy atom. The maximum Gasteiger partial charge on any atom is 0.170 e. The van der Waals surface area contributed by atoms with E-state index in [1.807, 2.05) is 16.7 Å². The summed E-state index contributed by atoms with van der Waals surface area (Å²) in [5.41, 5.74) is 5.08. The van der Waals surface area contributed by atoms with Crippen LogP contribution in [0.3, 0.4) is 0 Å². The third-order valence-electron chi connectivity index (χ3n) is 4.91. The van der Waals surface area contributed by atoms with Crippen LogP contribution in [0.4, 0.5) is 0 Å². The normalized spacial score (nSPS) is 15.8. The number of hydrogen-bond acceptors (Lipinski definition) is 2. The zero-order valence-corrected chi connectivity index (χ0v) is 13.1. The molecule has 0 aliphatic heterocycles. The van der Waals surface area contributed by atoms with Crippen molar-refractivity contribution >= 4 is 11.9 Å². The largest absolute Gasteiger partial charge is 0.306 e. The molecule has 0 bridgehead atoms. The van der Waals surface area contributed by atoms with Crippen molar-refractivity contribution in [3.63, 3.8) is 0 Å². The van der Waals surface area contributed by atoms with Crippen molar-refractivity contribution in [3.05, 3.63) is 60.0 Å². The van der Waals surface area contributed by atoms with Gasteiger partial charge in [0.25, 0.3) is 0 Å². The SMILES string of the molecule is O=Cc1cn2cc(-c3ccc(C4CCCCC4)cc3)ccc2n1. The highest BCUT2D eigenvalue weighted by molar-refractivity contribution is 5.74. The van der Waals surface area contributed by atoms with Crippen LogP contribution in [0.15, 0.2) is 48.8 Å². The van der Waals surface area contributed by atoms with Crippen molar-refractivity contribution in [2.24, 2.45) is 0 Å². The standard InChI is InChI=1S/C20H20N2O/c23-14-19-13-22-12-18(10-11-20(22)21-19)17-8-6-16(7-9-17)15-4-2-1-3-5-15/h6-15H,1-5H2. The summed E-state index contributed by atoms with van der Waals surface area (Å²) in [7, 11) is 0. The molecule has 2 heterocycles. The summed E-state index contributed by atoms with van der Waals surface area (Å²) < 4.78 is 1.91. The van der Waals surface area contributed by atoms with Crippen molar-refractivity contribution in [2.75, 3.05) is 0 Å². The summed E-state index contributed by atoms with van der Waals surface area (Å²) in [6.45, 7) is 0. The first-order chi connectivity index (χ1) is 11.3. The van der Waals surface area contributed by atoms with Gasteiger partial charge in [-0.15, -0.1) is 0 Å². The Balaban J connectivity index is 1.63. The highest BCUT2D eigenvalue weighted by atomic mass is 16.1. The zero-order valence-electron chi connectivity index (χ0n) is 13.1. The Kier molecular flexibility index (Phi) is 3.70. The van der Waals surface area contributed by atoms with Crippen LogP contribution in [-0.4, -0.2) is 15.7 Å². The second-order valence-corrected chi connectivity index (χ2v) is 6.42. The molecule has 1 aliphatic rings. The molecule has 0 unspecified atom stereocenters. The molecule has 1 fully saturated rings. The number of aldehydes is 1. The van der Waals surface area contributed by atoms with Crippen LogP contribution in [0.25, 0.3) is 16.8 Å². The molecule has 3 aromatic rings. The Morgan fingerprint density at radius 2 is 1.65 bits per heavy atom. The lowest BCUT2D eigenvalue weighted by atomic mass is 9.84. The van der Waals surface area contributed by atoms with E-state index >= 15 is 0 Å². The second-order valence-electron chi connectivity index (χ2n) is 6.42. The number of fused-ring (bicyclic) bond motifs is 1. The second kappa shape index (κ2) is 5.99. The Morgan fingerprint density at radius 1 is 0.913 bits per heavy atom. The minimum atomic E-state index is 0.467. The lowest BCUT2D eigenvalue weighted by Gasteiger charge is -2.22. The van der Waals surface area contributed by atoms with E-state index in [1.165, 1.54) is 43.2 Å². The van der Waals surface area contributed by atoms with E-state index in [9.17, 15) is 4.79 Å². The topological polar surface area (TPSA) is 34.4 Å². The van der Waals surface area contributed by atoms with Crippen LogP contribution in [-0.2, 0) is 0 Å². The average Bonchev–Trinajstić information content (AvgIpc) is 3.05. The zero-order chi connectivity index (χ0) is 15.6. The Labute approximate surface area is 136 Å². The van der Waals surface area contributed by atoms with Gasteiger partial charge in [-0.25, -0.2) is 4.98 Å². The molecule has 0 N–H and O–H groups in total. The maximum absolute atomic E-state index is 10.8. The molecule has 116 valence electrons. The van der Waals surface area contributed by atoms with Crippen LogP contribution in [0.5, 0.6) is 0 Å². The monoisotopic (exact) mass is 304 g/mol. The van der Waals surface area contributed by atoms with E-state index in [1.54, 1.807) is 6.20 Å². The van der Waals surface area contributed by atoms with Crippen molar-refractivity contribution in [2.45, 2.75) is 38.0 Å². The maximum atomic E-state index is 10.8. The molecule has 1 aliphatic carbocycles. The van der Waals surface area contributed by atoms with Gasteiger partial charge in [-0.1, -0.05) is 43.5 Å². The number of benzene rings is 1. The highest BCUT2D eigenvalue weighted by Crippen LogP contribution is 2.33. The van der Waals surface area contributed by atoms with Crippen molar-refractivity contribution in [1.82, 2.24) is 9.38 Å². The molecule has 1 saturated carbocycles. The molecule has 0 spiro atoms. The number of nitrogens with zero attached hydrogens (tertiary/aromatic N) is 2. The highest BCUT2D eigenvalue weighted by Gasteiger charge is 2.15. The minimum Gasteiger partial charge on any atom is -0.306 e. The fraction of sp³-hybridized carbons (Fsp3) is 0.300. The summed E-state index contributed by atoms with van der Waals surface area (Å²) in [6, 6.07) is 13.0. The van der Waals surface area contributed by atoms with Gasteiger partial charge in [0.1, 0.15) is 11.3 Å². The van der Waals surface area contributed by atoms with Gasteiger partial charge in [0, 0.05) is 12.4 Å². The fourth-order valence-electron chi connectivity index (χ4n) is 3.62. The predicted octanol–water partition coefficient (Wildman–Crippen LogP) is 4.86. The summed E-state index contributed by atoms with van der Waals surface area (Å²) in [5.74, 6) is 0.740. The Bertz CT molecular complexity index is 826. The lowest BCUT2D eigenvalue weighted by molar-refractivity contribution is 0.111. The molecule has 0 radical (unpaired) electrons. The molecule has 0 atom stereocenters. The number of rotatable bonds is 3. The van der Waals surface area contributed by atoms with E-state index in [2.05, 4.69) is 35.3 Å². The number of carbonyl (C=O) groups is 1. The summed E-state index contributed by atoms with van der Waals surface area (Å²) in [5, 5.41) is 0. The van der Waals surface area contributed by atoms with Crippen LogP contribution >= 0.6 is 0 Å². The van der Waals surface area contributed by atoms with E-state index in [0.717, 1.165) is 23.4 Å².